The predicted octanol–water partition coefficient (Wildman–Crippen LogP) is 1.10. The van der Waals surface area contributed by atoms with Gasteiger partial charge in [0.05, 0.1) is 0 Å². The highest BCUT2D eigenvalue weighted by Crippen LogP contribution is 2.11. The van der Waals surface area contributed by atoms with Crippen molar-refractivity contribution in [3.8, 4) is 0 Å². The van der Waals surface area contributed by atoms with E-state index in [-0.39, 0.29) is 0 Å². The summed E-state index contributed by atoms with van der Waals surface area (Å²) in [5.74, 6) is 0.637. The largest absolute Gasteiger partial charge is 0.359 e. The second-order valence-electron chi connectivity index (χ2n) is 3.75. The zero-order valence-electron chi connectivity index (χ0n) is 9.21. The lowest BCUT2D eigenvalue weighted by Gasteiger charge is -2.30. The number of hydrogen-bond acceptors (Lipinski definition) is 2. The van der Waals surface area contributed by atoms with Crippen LogP contribution in [0.25, 0.3) is 0 Å². The van der Waals surface area contributed by atoms with Crippen molar-refractivity contribution in [3.05, 3.63) is 0 Å². The molecule has 0 rings (SSSR count). The highest BCUT2D eigenvalue weighted by Gasteiger charge is 2.16. The van der Waals surface area contributed by atoms with E-state index in [4.69, 9.17) is 0 Å². The Morgan fingerprint density at radius 1 is 1.46 bits per heavy atom. The van der Waals surface area contributed by atoms with E-state index < -0.39 is 0 Å². The maximum atomic E-state index is 10.1. The fourth-order valence-electron chi connectivity index (χ4n) is 1.59. The van der Waals surface area contributed by atoms with Gasteiger partial charge in [-0.25, -0.2) is 0 Å². The second-order valence-corrected chi connectivity index (χ2v) is 3.75. The number of amides is 1. The van der Waals surface area contributed by atoms with Crippen molar-refractivity contribution in [2.24, 2.45) is 5.92 Å². The molecule has 0 aliphatic rings. The molecule has 0 aromatic heterocycles. The molecule has 3 heteroatoms. The Balaban J connectivity index is 3.87. The molecule has 0 aromatic carbocycles. The van der Waals surface area contributed by atoms with Crippen LogP contribution in [-0.2, 0) is 4.79 Å². The molecule has 0 spiro atoms. The van der Waals surface area contributed by atoms with Gasteiger partial charge in [0.1, 0.15) is 0 Å². The molecule has 13 heavy (non-hydrogen) atoms. The van der Waals surface area contributed by atoms with Gasteiger partial charge in [-0.15, -0.1) is 0 Å². The van der Waals surface area contributed by atoms with Gasteiger partial charge >= 0.3 is 0 Å². The van der Waals surface area contributed by atoms with Crippen LogP contribution in [-0.4, -0.2) is 37.5 Å². The van der Waals surface area contributed by atoms with E-state index in [1.807, 2.05) is 0 Å². The standard InChI is InChI=1S/C10H22N2O/c1-5-12(4)10(9(2)3)6-7-11-8-13/h8-10H,5-7H2,1-4H3,(H,11,13). The fraction of sp³-hybridized carbons (Fsp3) is 0.900. The van der Waals surface area contributed by atoms with Crippen molar-refractivity contribution in [1.29, 1.82) is 0 Å². The maximum Gasteiger partial charge on any atom is 0.207 e. The van der Waals surface area contributed by atoms with Crippen LogP contribution >= 0.6 is 0 Å². The number of carbonyl (C=O) groups is 1. The molecule has 0 heterocycles. The average molecular weight is 186 g/mol. The van der Waals surface area contributed by atoms with Gasteiger partial charge in [-0.05, 0) is 25.9 Å². The summed E-state index contributed by atoms with van der Waals surface area (Å²) >= 11 is 0. The zero-order chi connectivity index (χ0) is 10.3. The lowest BCUT2D eigenvalue weighted by molar-refractivity contribution is -0.109. The smallest absolute Gasteiger partial charge is 0.207 e. The first kappa shape index (κ1) is 12.4. The van der Waals surface area contributed by atoms with Gasteiger partial charge in [0.2, 0.25) is 6.41 Å². The Bertz CT molecular complexity index is 137. The monoisotopic (exact) mass is 186 g/mol. The number of nitrogens with one attached hydrogen (secondary N) is 1. The first-order chi connectivity index (χ1) is 6.13. The molecule has 1 amide bonds. The minimum absolute atomic E-state index is 0.567. The Labute approximate surface area is 81.5 Å². The normalized spacial score (nSPS) is 13.4. The molecule has 0 saturated carbocycles. The number of carbonyl (C=O) groups excluding carboxylic acids is 1. The van der Waals surface area contributed by atoms with Crippen molar-refractivity contribution >= 4 is 6.41 Å². The van der Waals surface area contributed by atoms with Gasteiger partial charge in [0, 0.05) is 12.6 Å². The Hall–Kier alpha value is -0.570. The average Bonchev–Trinajstić information content (AvgIpc) is 2.11. The van der Waals surface area contributed by atoms with E-state index in [0.717, 1.165) is 25.9 Å². The molecule has 78 valence electrons. The Kier molecular flexibility index (Phi) is 6.59. The molecule has 0 saturated heterocycles. The van der Waals surface area contributed by atoms with Gasteiger partial charge in [-0.2, -0.15) is 0 Å². The summed E-state index contributed by atoms with van der Waals surface area (Å²) in [6, 6.07) is 0.567. The second kappa shape index (κ2) is 6.89. The lowest BCUT2D eigenvalue weighted by Crippen LogP contribution is -2.38. The van der Waals surface area contributed by atoms with Crippen molar-refractivity contribution < 1.29 is 4.79 Å². The van der Waals surface area contributed by atoms with E-state index >= 15 is 0 Å². The van der Waals surface area contributed by atoms with Gasteiger partial charge in [0.25, 0.3) is 0 Å². The third kappa shape index (κ3) is 4.88. The summed E-state index contributed by atoms with van der Waals surface area (Å²) in [5, 5.41) is 2.71. The molecular weight excluding hydrogens is 164 g/mol. The van der Waals surface area contributed by atoms with E-state index in [0.29, 0.717) is 12.0 Å². The molecule has 0 aliphatic carbocycles. The number of rotatable bonds is 7. The summed E-state index contributed by atoms with van der Waals surface area (Å²) in [6.45, 7) is 8.43. The quantitative estimate of drug-likeness (QED) is 0.477. The van der Waals surface area contributed by atoms with Crippen LogP contribution < -0.4 is 5.32 Å². The minimum Gasteiger partial charge on any atom is -0.359 e. The number of hydrogen-bond donors (Lipinski definition) is 1. The summed E-state index contributed by atoms with van der Waals surface area (Å²) in [7, 11) is 2.13. The van der Waals surface area contributed by atoms with Crippen molar-refractivity contribution in [2.45, 2.75) is 33.2 Å². The molecule has 0 fully saturated rings. The molecule has 1 unspecified atom stereocenters. The molecule has 0 bridgehead atoms. The molecule has 0 aromatic rings. The van der Waals surface area contributed by atoms with Crippen LogP contribution in [0.4, 0.5) is 0 Å². The fourth-order valence-corrected chi connectivity index (χ4v) is 1.59. The number of nitrogens with zero attached hydrogens (tertiary/aromatic N) is 1. The highest BCUT2D eigenvalue weighted by molar-refractivity contribution is 5.45. The molecule has 1 atom stereocenters. The summed E-state index contributed by atoms with van der Waals surface area (Å²) in [5.41, 5.74) is 0. The summed E-state index contributed by atoms with van der Waals surface area (Å²) in [4.78, 5) is 12.4. The summed E-state index contributed by atoms with van der Waals surface area (Å²) in [6.07, 6.45) is 1.80. The van der Waals surface area contributed by atoms with Crippen LogP contribution in [0.1, 0.15) is 27.2 Å². The third-order valence-corrected chi connectivity index (χ3v) is 2.50. The molecule has 3 nitrogen and oxygen atoms in total. The Morgan fingerprint density at radius 3 is 2.46 bits per heavy atom. The third-order valence-electron chi connectivity index (χ3n) is 2.50. The molecule has 1 N–H and O–H groups in total. The highest BCUT2D eigenvalue weighted by atomic mass is 16.1. The van der Waals surface area contributed by atoms with Gasteiger partial charge in [-0.3, -0.25) is 4.79 Å². The molecular formula is C10H22N2O. The summed E-state index contributed by atoms with van der Waals surface area (Å²) < 4.78 is 0. The van der Waals surface area contributed by atoms with Gasteiger partial charge in [-0.1, -0.05) is 20.8 Å². The van der Waals surface area contributed by atoms with Crippen LogP contribution in [0, 0.1) is 5.92 Å². The van der Waals surface area contributed by atoms with E-state index in [2.05, 4.69) is 38.0 Å². The van der Waals surface area contributed by atoms with Crippen LogP contribution in [0.2, 0.25) is 0 Å². The zero-order valence-corrected chi connectivity index (χ0v) is 9.21. The molecule has 0 aliphatic heterocycles. The van der Waals surface area contributed by atoms with Crippen LogP contribution in [0.3, 0.4) is 0 Å². The van der Waals surface area contributed by atoms with Crippen molar-refractivity contribution in [3.63, 3.8) is 0 Å². The maximum absolute atomic E-state index is 10.1. The van der Waals surface area contributed by atoms with Crippen LogP contribution in [0.15, 0.2) is 0 Å². The van der Waals surface area contributed by atoms with Crippen molar-refractivity contribution in [2.75, 3.05) is 20.1 Å². The van der Waals surface area contributed by atoms with E-state index in [1.165, 1.54) is 0 Å². The first-order valence-corrected chi connectivity index (χ1v) is 5.00. The topological polar surface area (TPSA) is 32.3 Å². The van der Waals surface area contributed by atoms with Crippen molar-refractivity contribution in [1.82, 2.24) is 10.2 Å². The van der Waals surface area contributed by atoms with E-state index in [9.17, 15) is 4.79 Å². The Morgan fingerprint density at radius 2 is 2.08 bits per heavy atom. The lowest BCUT2D eigenvalue weighted by atomic mass is 9.99. The van der Waals surface area contributed by atoms with Gasteiger partial charge in [0.15, 0.2) is 0 Å². The van der Waals surface area contributed by atoms with E-state index in [1.54, 1.807) is 0 Å². The SMILES string of the molecule is CCN(C)C(CCNC=O)C(C)C. The minimum atomic E-state index is 0.567. The molecule has 0 radical (unpaired) electrons. The predicted molar refractivity (Wildman–Crippen MR) is 55.6 cm³/mol. The van der Waals surface area contributed by atoms with Crippen LogP contribution in [0.5, 0.6) is 0 Å². The first-order valence-electron chi connectivity index (χ1n) is 5.00. The van der Waals surface area contributed by atoms with Gasteiger partial charge < -0.3 is 10.2 Å².